The minimum absolute atomic E-state index is 0.178. The minimum Gasteiger partial charge on any atom is -0.384 e. The summed E-state index contributed by atoms with van der Waals surface area (Å²) in [4.78, 5) is 16.6. The van der Waals surface area contributed by atoms with Gasteiger partial charge in [0, 0.05) is 18.3 Å². The number of nitrogen functional groups attached to an aromatic ring is 1. The molecule has 2 rings (SSSR count). The van der Waals surface area contributed by atoms with E-state index in [0.717, 1.165) is 0 Å². The minimum atomic E-state index is -0.178. The van der Waals surface area contributed by atoms with Gasteiger partial charge in [0.15, 0.2) is 0 Å². The molecule has 0 amide bonds. The number of rotatable bonds is 4. The van der Waals surface area contributed by atoms with E-state index in [2.05, 4.69) is 21.8 Å². The molecule has 2 aromatic heterocycles. The SMILES string of the molecule is C=C(N)/N=C(/C)c1cc(-c2ccn[nH]2)c(=O)n(CC)c1N. The molecule has 5 N–H and O–H groups in total. The Kier molecular flexibility index (Phi) is 3.93. The fourth-order valence-corrected chi connectivity index (χ4v) is 2.16. The molecule has 0 bridgehead atoms. The Labute approximate surface area is 122 Å². The van der Waals surface area contributed by atoms with Crippen LogP contribution in [0.2, 0.25) is 0 Å². The molecule has 0 saturated heterocycles. The summed E-state index contributed by atoms with van der Waals surface area (Å²) in [6.45, 7) is 7.62. The molecule has 0 saturated carbocycles. The first kappa shape index (κ1) is 14.6. The van der Waals surface area contributed by atoms with Crippen LogP contribution in [0.5, 0.6) is 0 Å². The van der Waals surface area contributed by atoms with Crippen molar-refractivity contribution in [2.45, 2.75) is 20.4 Å². The van der Waals surface area contributed by atoms with Gasteiger partial charge in [-0.25, -0.2) is 4.99 Å². The zero-order chi connectivity index (χ0) is 15.6. The van der Waals surface area contributed by atoms with Gasteiger partial charge in [-0.15, -0.1) is 0 Å². The lowest BCUT2D eigenvalue weighted by Crippen LogP contribution is -2.26. The number of nitrogens with zero attached hydrogens (tertiary/aromatic N) is 3. The molecular weight excluding hydrogens is 268 g/mol. The Balaban J connectivity index is 2.75. The number of nitrogens with one attached hydrogen (secondary N) is 1. The molecule has 2 aromatic rings. The van der Waals surface area contributed by atoms with E-state index in [-0.39, 0.29) is 11.4 Å². The van der Waals surface area contributed by atoms with Crippen LogP contribution in [0.25, 0.3) is 11.3 Å². The number of aromatic amines is 1. The second-order valence-corrected chi connectivity index (χ2v) is 4.57. The average Bonchev–Trinajstić information content (AvgIpc) is 2.92. The van der Waals surface area contributed by atoms with Crippen LogP contribution in [0.3, 0.4) is 0 Å². The van der Waals surface area contributed by atoms with Crippen molar-refractivity contribution in [2.75, 3.05) is 5.73 Å². The summed E-state index contributed by atoms with van der Waals surface area (Å²) < 4.78 is 1.49. The summed E-state index contributed by atoms with van der Waals surface area (Å²) in [5.41, 5.74) is 13.8. The van der Waals surface area contributed by atoms with Crippen molar-refractivity contribution in [1.82, 2.24) is 14.8 Å². The third-order valence-electron chi connectivity index (χ3n) is 3.14. The number of anilines is 1. The third kappa shape index (κ3) is 2.71. The molecule has 0 spiro atoms. The van der Waals surface area contributed by atoms with E-state index < -0.39 is 0 Å². The Morgan fingerprint density at radius 1 is 1.57 bits per heavy atom. The topological polar surface area (TPSA) is 115 Å². The van der Waals surface area contributed by atoms with Crippen LogP contribution in [0.4, 0.5) is 5.82 Å². The van der Waals surface area contributed by atoms with Gasteiger partial charge < -0.3 is 11.5 Å². The molecule has 7 nitrogen and oxygen atoms in total. The summed E-state index contributed by atoms with van der Waals surface area (Å²) in [6, 6.07) is 3.42. The highest BCUT2D eigenvalue weighted by atomic mass is 16.1. The Morgan fingerprint density at radius 2 is 2.29 bits per heavy atom. The second-order valence-electron chi connectivity index (χ2n) is 4.57. The highest BCUT2D eigenvalue weighted by Crippen LogP contribution is 2.19. The highest BCUT2D eigenvalue weighted by molar-refractivity contribution is 6.03. The van der Waals surface area contributed by atoms with Crippen molar-refractivity contribution >= 4 is 11.5 Å². The van der Waals surface area contributed by atoms with Crippen molar-refractivity contribution in [1.29, 1.82) is 0 Å². The molecule has 21 heavy (non-hydrogen) atoms. The maximum Gasteiger partial charge on any atom is 0.261 e. The van der Waals surface area contributed by atoms with Gasteiger partial charge in [-0.2, -0.15) is 5.10 Å². The smallest absolute Gasteiger partial charge is 0.261 e. The monoisotopic (exact) mass is 286 g/mol. The fourth-order valence-electron chi connectivity index (χ4n) is 2.16. The van der Waals surface area contributed by atoms with Gasteiger partial charge in [-0.1, -0.05) is 6.58 Å². The molecule has 7 heteroatoms. The summed E-state index contributed by atoms with van der Waals surface area (Å²) in [5, 5.41) is 6.66. The van der Waals surface area contributed by atoms with Gasteiger partial charge in [0.05, 0.1) is 17.0 Å². The molecule has 110 valence electrons. The molecule has 0 aliphatic carbocycles. The van der Waals surface area contributed by atoms with E-state index in [1.54, 1.807) is 25.3 Å². The van der Waals surface area contributed by atoms with Crippen LogP contribution in [-0.4, -0.2) is 20.5 Å². The maximum atomic E-state index is 12.5. The number of nitrogens with two attached hydrogens (primary N) is 2. The number of H-pyrrole nitrogens is 1. The van der Waals surface area contributed by atoms with E-state index in [9.17, 15) is 4.79 Å². The highest BCUT2D eigenvalue weighted by Gasteiger charge is 2.15. The Bertz CT molecular complexity index is 755. The average molecular weight is 286 g/mol. The van der Waals surface area contributed by atoms with Gasteiger partial charge in [0.25, 0.3) is 5.56 Å². The lowest BCUT2D eigenvalue weighted by molar-refractivity contribution is 0.739. The molecule has 0 aromatic carbocycles. The van der Waals surface area contributed by atoms with Crippen molar-refractivity contribution in [3.63, 3.8) is 0 Å². The zero-order valence-corrected chi connectivity index (χ0v) is 12.1. The van der Waals surface area contributed by atoms with Crippen molar-refractivity contribution in [3.8, 4) is 11.3 Å². The van der Waals surface area contributed by atoms with Gasteiger partial charge in [-0.3, -0.25) is 14.5 Å². The predicted molar refractivity (Wildman–Crippen MR) is 83.9 cm³/mol. The predicted octanol–water partition coefficient (Wildman–Crippen LogP) is 1.08. The summed E-state index contributed by atoms with van der Waals surface area (Å²) in [6.07, 6.45) is 1.59. The number of aromatic nitrogens is 3. The molecule has 2 heterocycles. The van der Waals surface area contributed by atoms with Gasteiger partial charge >= 0.3 is 0 Å². The van der Waals surface area contributed by atoms with Crippen LogP contribution in [0.1, 0.15) is 19.4 Å². The largest absolute Gasteiger partial charge is 0.384 e. The lowest BCUT2D eigenvalue weighted by Gasteiger charge is -2.14. The Hall–Kier alpha value is -2.83. The normalized spacial score (nSPS) is 11.6. The van der Waals surface area contributed by atoms with Crippen LogP contribution >= 0.6 is 0 Å². The molecule has 0 aliphatic rings. The zero-order valence-electron chi connectivity index (χ0n) is 12.1. The number of aliphatic imine (C=N–C) groups is 1. The Morgan fingerprint density at radius 3 is 2.81 bits per heavy atom. The van der Waals surface area contributed by atoms with E-state index >= 15 is 0 Å². The molecule has 0 unspecified atom stereocenters. The molecule has 0 atom stereocenters. The van der Waals surface area contributed by atoms with Crippen molar-refractivity contribution in [3.05, 3.63) is 46.6 Å². The third-order valence-corrected chi connectivity index (χ3v) is 3.14. The van der Waals surface area contributed by atoms with Crippen LogP contribution in [0, 0.1) is 0 Å². The van der Waals surface area contributed by atoms with Crippen molar-refractivity contribution < 1.29 is 0 Å². The van der Waals surface area contributed by atoms with E-state index in [1.807, 2.05) is 6.92 Å². The van der Waals surface area contributed by atoms with E-state index in [1.165, 1.54) is 4.57 Å². The van der Waals surface area contributed by atoms with E-state index in [4.69, 9.17) is 11.5 Å². The van der Waals surface area contributed by atoms with Gasteiger partial charge in [0.1, 0.15) is 11.6 Å². The number of hydrogen-bond acceptors (Lipinski definition) is 5. The number of pyridine rings is 1. The summed E-state index contributed by atoms with van der Waals surface area (Å²) in [7, 11) is 0. The summed E-state index contributed by atoms with van der Waals surface area (Å²) in [5.74, 6) is 0.539. The lowest BCUT2D eigenvalue weighted by atomic mass is 10.1. The van der Waals surface area contributed by atoms with Gasteiger partial charge in [0.2, 0.25) is 0 Å². The first-order valence-electron chi connectivity index (χ1n) is 6.48. The first-order chi connectivity index (χ1) is 9.95. The standard InChI is InChI=1S/C14H18N6O/c1-4-20-13(16)10(8(2)18-9(3)15)7-11(14(20)21)12-5-6-17-19-12/h5-7H,3-4,15-16H2,1-2H3,(H,17,19)/b18-8-. The molecule has 0 radical (unpaired) electrons. The van der Waals surface area contributed by atoms with Crippen LogP contribution < -0.4 is 17.0 Å². The van der Waals surface area contributed by atoms with Crippen LogP contribution in [0.15, 0.2) is 40.5 Å². The fraction of sp³-hybridized carbons (Fsp3) is 0.214. The van der Waals surface area contributed by atoms with Crippen molar-refractivity contribution in [2.24, 2.45) is 10.7 Å². The number of hydrogen-bond donors (Lipinski definition) is 3. The maximum absolute atomic E-state index is 12.5. The first-order valence-corrected chi connectivity index (χ1v) is 6.48. The molecule has 0 fully saturated rings. The quantitative estimate of drug-likeness (QED) is 0.729. The second kappa shape index (κ2) is 5.66. The molecule has 0 aliphatic heterocycles. The summed E-state index contributed by atoms with van der Waals surface area (Å²) >= 11 is 0. The van der Waals surface area contributed by atoms with E-state index in [0.29, 0.717) is 34.9 Å². The van der Waals surface area contributed by atoms with Crippen LogP contribution in [-0.2, 0) is 6.54 Å². The van der Waals surface area contributed by atoms with Gasteiger partial charge in [-0.05, 0) is 26.0 Å². The molecular formula is C14H18N6O.